The summed E-state index contributed by atoms with van der Waals surface area (Å²) in [5, 5.41) is 9.60. The van der Waals surface area contributed by atoms with Gasteiger partial charge in [-0.1, -0.05) is 0 Å². The molecular formula is C15H12FN3O2. The highest BCUT2D eigenvalue weighted by Gasteiger charge is 2.14. The number of aliphatic hydroxyl groups is 1. The first-order valence-corrected chi connectivity index (χ1v) is 6.27. The van der Waals surface area contributed by atoms with Gasteiger partial charge in [-0.15, -0.1) is 0 Å². The molecule has 0 radical (unpaired) electrons. The molecule has 2 heterocycles. The number of benzene rings is 1. The maximum absolute atomic E-state index is 13.0. The lowest BCUT2D eigenvalue weighted by Gasteiger charge is -2.03. The van der Waals surface area contributed by atoms with Crippen molar-refractivity contribution >= 4 is 11.6 Å². The topological polar surface area (TPSA) is 80.6 Å². The van der Waals surface area contributed by atoms with Crippen molar-refractivity contribution in [2.24, 2.45) is 5.73 Å². The van der Waals surface area contributed by atoms with Gasteiger partial charge >= 0.3 is 0 Å². The molecule has 0 unspecified atom stereocenters. The molecule has 0 aliphatic carbocycles. The highest BCUT2D eigenvalue weighted by Crippen LogP contribution is 2.25. The third-order valence-electron chi connectivity index (χ3n) is 3.27. The van der Waals surface area contributed by atoms with Crippen molar-refractivity contribution in [3.63, 3.8) is 0 Å². The van der Waals surface area contributed by atoms with E-state index < -0.39 is 5.91 Å². The Kier molecular flexibility index (Phi) is 3.15. The second-order valence-corrected chi connectivity index (χ2v) is 4.58. The summed E-state index contributed by atoms with van der Waals surface area (Å²) in [6.45, 7) is -0.268. The number of carbonyl (C=O) groups is 1. The van der Waals surface area contributed by atoms with Crippen LogP contribution in [-0.2, 0) is 6.61 Å². The fraction of sp³-hybridized carbons (Fsp3) is 0.0667. The van der Waals surface area contributed by atoms with Crippen LogP contribution in [0.5, 0.6) is 0 Å². The molecular weight excluding hydrogens is 273 g/mol. The van der Waals surface area contributed by atoms with E-state index in [1.807, 2.05) is 0 Å². The number of fused-ring (bicyclic) bond motifs is 1. The van der Waals surface area contributed by atoms with Crippen LogP contribution in [-0.4, -0.2) is 20.4 Å². The van der Waals surface area contributed by atoms with Crippen LogP contribution in [0.3, 0.4) is 0 Å². The lowest BCUT2D eigenvalue weighted by molar-refractivity contribution is 0.1000. The number of imidazole rings is 1. The minimum atomic E-state index is -0.558. The number of pyridine rings is 1. The Morgan fingerprint density at radius 3 is 2.57 bits per heavy atom. The monoisotopic (exact) mass is 285 g/mol. The highest BCUT2D eigenvalue weighted by molar-refractivity contribution is 5.92. The van der Waals surface area contributed by atoms with Crippen molar-refractivity contribution in [2.45, 2.75) is 6.61 Å². The fourth-order valence-corrected chi connectivity index (χ4v) is 2.23. The molecule has 0 saturated carbocycles. The van der Waals surface area contributed by atoms with Gasteiger partial charge in [-0.3, -0.25) is 4.79 Å². The normalized spacial score (nSPS) is 11.0. The van der Waals surface area contributed by atoms with Crippen molar-refractivity contribution in [1.82, 2.24) is 9.38 Å². The zero-order valence-electron chi connectivity index (χ0n) is 11.0. The molecule has 0 saturated heterocycles. The number of nitrogens with two attached hydrogens (primary N) is 1. The van der Waals surface area contributed by atoms with Crippen molar-refractivity contribution in [2.75, 3.05) is 0 Å². The lowest BCUT2D eigenvalue weighted by Crippen LogP contribution is -2.12. The number of nitrogens with zero attached hydrogens (tertiary/aromatic N) is 2. The van der Waals surface area contributed by atoms with E-state index in [2.05, 4.69) is 4.98 Å². The van der Waals surface area contributed by atoms with Gasteiger partial charge in [0.15, 0.2) is 0 Å². The van der Waals surface area contributed by atoms with Gasteiger partial charge in [0.1, 0.15) is 11.5 Å². The first kappa shape index (κ1) is 13.3. The molecule has 1 amide bonds. The van der Waals surface area contributed by atoms with Crippen LogP contribution in [0.25, 0.3) is 16.9 Å². The summed E-state index contributed by atoms with van der Waals surface area (Å²) < 4.78 is 14.6. The molecule has 6 heteroatoms. The van der Waals surface area contributed by atoms with Crippen molar-refractivity contribution in [1.29, 1.82) is 0 Å². The molecule has 0 aliphatic rings. The van der Waals surface area contributed by atoms with Crippen LogP contribution in [0.4, 0.5) is 4.39 Å². The number of rotatable bonds is 3. The van der Waals surface area contributed by atoms with Crippen LogP contribution in [0.1, 0.15) is 16.1 Å². The number of carbonyl (C=O) groups excluding carboxylic acids is 1. The Morgan fingerprint density at radius 2 is 1.95 bits per heavy atom. The van der Waals surface area contributed by atoms with Gasteiger partial charge in [0, 0.05) is 11.8 Å². The fourth-order valence-electron chi connectivity index (χ4n) is 2.23. The zero-order chi connectivity index (χ0) is 15.0. The van der Waals surface area contributed by atoms with Gasteiger partial charge in [0.25, 0.3) is 0 Å². The summed E-state index contributed by atoms with van der Waals surface area (Å²) in [5.74, 6) is -0.901. The van der Waals surface area contributed by atoms with E-state index in [0.717, 1.165) is 0 Å². The van der Waals surface area contributed by atoms with Crippen molar-refractivity contribution in [3.05, 3.63) is 59.7 Å². The Labute approximate surface area is 119 Å². The molecule has 1 aromatic carbocycles. The standard InChI is InChI=1S/C15H12FN3O2/c16-11-4-1-9(2-5-11)14-12(8-20)19-7-10(15(17)21)3-6-13(19)18-14/h1-7,20H,8H2,(H2,17,21). The number of primary amides is 1. The quantitative estimate of drug-likeness (QED) is 0.769. The predicted molar refractivity (Wildman–Crippen MR) is 75.0 cm³/mol. The molecule has 3 N–H and O–H groups in total. The molecule has 3 aromatic rings. The number of hydrogen-bond donors (Lipinski definition) is 2. The molecule has 0 atom stereocenters. The SMILES string of the molecule is NC(=O)c1ccc2nc(-c3ccc(F)cc3)c(CO)n2c1. The van der Waals surface area contributed by atoms with Gasteiger partial charge < -0.3 is 15.2 Å². The Bertz CT molecular complexity index is 825. The van der Waals surface area contributed by atoms with Crippen molar-refractivity contribution < 1.29 is 14.3 Å². The molecule has 0 fully saturated rings. The molecule has 3 rings (SSSR count). The third kappa shape index (κ3) is 2.25. The lowest BCUT2D eigenvalue weighted by atomic mass is 10.1. The third-order valence-corrected chi connectivity index (χ3v) is 3.27. The van der Waals surface area contributed by atoms with Crippen LogP contribution in [0.2, 0.25) is 0 Å². The van der Waals surface area contributed by atoms with Gasteiger partial charge in [-0.05, 0) is 36.4 Å². The second kappa shape index (κ2) is 4.99. The molecule has 5 nitrogen and oxygen atoms in total. The first-order valence-electron chi connectivity index (χ1n) is 6.27. The van der Waals surface area contributed by atoms with Gasteiger partial charge in [-0.2, -0.15) is 0 Å². The minimum Gasteiger partial charge on any atom is -0.390 e. The van der Waals surface area contributed by atoms with E-state index in [-0.39, 0.29) is 12.4 Å². The number of amides is 1. The van der Waals surface area contributed by atoms with E-state index in [4.69, 9.17) is 5.73 Å². The van der Waals surface area contributed by atoms with Crippen LogP contribution >= 0.6 is 0 Å². The number of hydrogen-bond acceptors (Lipinski definition) is 3. The first-order chi connectivity index (χ1) is 10.1. The van der Waals surface area contributed by atoms with Gasteiger partial charge in [0.2, 0.25) is 5.91 Å². The summed E-state index contributed by atoms with van der Waals surface area (Å²) in [4.78, 5) is 15.7. The summed E-state index contributed by atoms with van der Waals surface area (Å²) in [5.41, 5.74) is 7.89. The molecule has 21 heavy (non-hydrogen) atoms. The molecule has 0 aliphatic heterocycles. The van der Waals surface area contributed by atoms with Crippen LogP contribution in [0.15, 0.2) is 42.6 Å². The van der Waals surface area contributed by atoms with Crippen LogP contribution in [0, 0.1) is 5.82 Å². The predicted octanol–water partition coefficient (Wildman–Crippen LogP) is 1.73. The van der Waals surface area contributed by atoms with E-state index in [1.165, 1.54) is 18.3 Å². The van der Waals surface area contributed by atoms with E-state index >= 15 is 0 Å². The zero-order valence-corrected chi connectivity index (χ0v) is 11.0. The van der Waals surface area contributed by atoms with Crippen molar-refractivity contribution in [3.8, 4) is 11.3 Å². The smallest absolute Gasteiger partial charge is 0.250 e. The van der Waals surface area contributed by atoms with E-state index in [1.54, 1.807) is 28.7 Å². The summed E-state index contributed by atoms with van der Waals surface area (Å²) in [6.07, 6.45) is 1.53. The average Bonchev–Trinajstić information content (AvgIpc) is 2.85. The Balaban J connectivity index is 2.23. The van der Waals surface area contributed by atoms with E-state index in [0.29, 0.717) is 28.2 Å². The highest BCUT2D eigenvalue weighted by atomic mass is 19.1. The van der Waals surface area contributed by atoms with E-state index in [9.17, 15) is 14.3 Å². The number of halogens is 1. The maximum atomic E-state index is 13.0. The summed E-state index contributed by atoms with van der Waals surface area (Å²) >= 11 is 0. The number of aliphatic hydroxyl groups excluding tert-OH is 1. The van der Waals surface area contributed by atoms with Crippen LogP contribution < -0.4 is 5.73 Å². The Hall–Kier alpha value is -2.73. The van der Waals surface area contributed by atoms with Gasteiger partial charge in [-0.25, -0.2) is 9.37 Å². The molecule has 2 aromatic heterocycles. The largest absolute Gasteiger partial charge is 0.390 e. The Morgan fingerprint density at radius 1 is 1.24 bits per heavy atom. The molecule has 0 bridgehead atoms. The summed E-state index contributed by atoms with van der Waals surface area (Å²) in [7, 11) is 0. The molecule has 106 valence electrons. The average molecular weight is 285 g/mol. The van der Waals surface area contributed by atoms with Gasteiger partial charge in [0.05, 0.1) is 23.6 Å². The summed E-state index contributed by atoms with van der Waals surface area (Å²) in [6, 6.07) is 9.05. The molecule has 0 spiro atoms. The second-order valence-electron chi connectivity index (χ2n) is 4.58. The number of aromatic nitrogens is 2. The minimum absolute atomic E-state index is 0.268. The maximum Gasteiger partial charge on any atom is 0.250 e.